The predicted octanol–water partition coefficient (Wildman–Crippen LogP) is 1.11. The molecule has 7 heteroatoms. The zero-order valence-corrected chi connectivity index (χ0v) is 14.2. The molecule has 1 saturated heterocycles. The molecule has 1 heterocycles. The number of likely N-dealkylation sites (N-methyl/N-ethyl adjacent to an activating group) is 1. The van der Waals surface area contributed by atoms with Gasteiger partial charge in [-0.1, -0.05) is 11.6 Å². The fourth-order valence-corrected chi connectivity index (χ4v) is 4.18. The third kappa shape index (κ3) is 4.40. The number of rotatable bonds is 5. The quantitative estimate of drug-likeness (QED) is 0.878. The van der Waals surface area contributed by atoms with Crippen molar-refractivity contribution in [1.29, 1.82) is 0 Å². The van der Waals surface area contributed by atoms with E-state index in [1.807, 2.05) is 21.1 Å². The lowest BCUT2D eigenvalue weighted by molar-refractivity contribution is 0.304. The van der Waals surface area contributed by atoms with Crippen molar-refractivity contribution in [3.63, 3.8) is 0 Å². The van der Waals surface area contributed by atoms with E-state index in [0.29, 0.717) is 5.02 Å². The normalized spacial score (nSPS) is 23.9. The first-order valence-electron chi connectivity index (χ1n) is 6.89. The number of nitrogens with zero attached hydrogens (tertiary/aromatic N) is 2. The molecule has 0 saturated carbocycles. The summed E-state index contributed by atoms with van der Waals surface area (Å²) >= 11 is 5.80. The highest BCUT2D eigenvalue weighted by molar-refractivity contribution is 7.89. The summed E-state index contributed by atoms with van der Waals surface area (Å²) in [5.41, 5.74) is 0. The summed E-state index contributed by atoms with van der Waals surface area (Å²) in [6.07, 6.45) is 0. The molecule has 0 aromatic heterocycles. The molecular weight excluding hydrogens is 310 g/mol. The summed E-state index contributed by atoms with van der Waals surface area (Å²) in [7, 11) is 2.51. The van der Waals surface area contributed by atoms with Crippen LogP contribution in [0.5, 0.6) is 0 Å². The molecule has 21 heavy (non-hydrogen) atoms. The number of hydrogen-bond acceptors (Lipinski definition) is 4. The highest BCUT2D eigenvalue weighted by atomic mass is 35.5. The topological polar surface area (TPSA) is 52.6 Å². The first-order valence-corrected chi connectivity index (χ1v) is 8.75. The summed E-state index contributed by atoms with van der Waals surface area (Å²) in [5, 5.41) is 0.528. The minimum atomic E-state index is -3.51. The van der Waals surface area contributed by atoms with Gasteiger partial charge in [0.05, 0.1) is 4.90 Å². The number of sulfonamides is 1. The predicted molar refractivity (Wildman–Crippen MR) is 85.1 cm³/mol. The fraction of sp³-hybridized carbons (Fsp3) is 0.571. The first-order chi connectivity index (χ1) is 9.78. The zero-order valence-electron chi connectivity index (χ0n) is 12.6. The van der Waals surface area contributed by atoms with Crippen molar-refractivity contribution in [2.45, 2.75) is 10.9 Å². The van der Waals surface area contributed by atoms with Gasteiger partial charge < -0.3 is 9.80 Å². The molecule has 2 atom stereocenters. The Morgan fingerprint density at radius 3 is 2.48 bits per heavy atom. The molecule has 118 valence electrons. The number of nitrogens with one attached hydrogen (secondary N) is 1. The molecule has 1 fully saturated rings. The second-order valence-electron chi connectivity index (χ2n) is 5.93. The second kappa shape index (κ2) is 6.62. The molecule has 0 unspecified atom stereocenters. The van der Waals surface area contributed by atoms with Gasteiger partial charge in [0.25, 0.3) is 0 Å². The molecule has 5 nitrogen and oxygen atoms in total. The van der Waals surface area contributed by atoms with Gasteiger partial charge in [0, 0.05) is 36.6 Å². The molecule has 0 bridgehead atoms. The zero-order chi connectivity index (χ0) is 15.6. The van der Waals surface area contributed by atoms with Crippen LogP contribution in [0.4, 0.5) is 0 Å². The Labute approximate surface area is 131 Å². The Hall–Kier alpha value is -0.660. The van der Waals surface area contributed by atoms with E-state index in [-0.39, 0.29) is 16.9 Å². The van der Waals surface area contributed by atoms with Crippen LogP contribution in [0.15, 0.2) is 29.2 Å². The second-order valence-corrected chi connectivity index (χ2v) is 8.08. The van der Waals surface area contributed by atoms with Crippen molar-refractivity contribution in [1.82, 2.24) is 14.5 Å². The average molecular weight is 332 g/mol. The van der Waals surface area contributed by atoms with Gasteiger partial charge in [0.1, 0.15) is 0 Å². The minimum Gasteiger partial charge on any atom is -0.309 e. The van der Waals surface area contributed by atoms with E-state index >= 15 is 0 Å². The Kier molecular flexibility index (Phi) is 5.27. The minimum absolute atomic E-state index is 0.0712. The lowest BCUT2D eigenvalue weighted by atomic mass is 10.0. The van der Waals surface area contributed by atoms with Crippen LogP contribution in [0.25, 0.3) is 0 Å². The van der Waals surface area contributed by atoms with Gasteiger partial charge >= 0.3 is 0 Å². The molecule has 1 aromatic carbocycles. The Morgan fingerprint density at radius 1 is 1.29 bits per heavy atom. The molecular formula is C14H22ClN3O2S. The summed E-state index contributed by atoms with van der Waals surface area (Å²) in [4.78, 5) is 4.50. The van der Waals surface area contributed by atoms with Crippen LogP contribution in [-0.4, -0.2) is 65.0 Å². The van der Waals surface area contributed by atoms with Crippen molar-refractivity contribution in [2.24, 2.45) is 5.92 Å². The maximum atomic E-state index is 12.5. The van der Waals surface area contributed by atoms with Crippen LogP contribution in [-0.2, 0) is 10.0 Å². The number of benzene rings is 1. The smallest absolute Gasteiger partial charge is 0.240 e. The largest absolute Gasteiger partial charge is 0.309 e. The molecule has 1 N–H and O–H groups in total. The monoisotopic (exact) mass is 331 g/mol. The third-order valence-corrected chi connectivity index (χ3v) is 5.41. The molecule has 0 radical (unpaired) electrons. The van der Waals surface area contributed by atoms with E-state index in [1.165, 1.54) is 12.1 Å². The van der Waals surface area contributed by atoms with Gasteiger partial charge in [0.15, 0.2) is 0 Å². The van der Waals surface area contributed by atoms with Crippen molar-refractivity contribution >= 4 is 21.6 Å². The third-order valence-electron chi connectivity index (χ3n) is 3.65. The van der Waals surface area contributed by atoms with E-state index in [2.05, 4.69) is 14.5 Å². The Morgan fingerprint density at radius 2 is 1.90 bits per heavy atom. The summed E-state index contributed by atoms with van der Waals surface area (Å²) in [6.45, 7) is 2.48. The SMILES string of the molecule is CN(C)C[C@@H]1CN(C)C[C@H]1NS(=O)(=O)c1ccc(Cl)cc1. The lowest BCUT2D eigenvalue weighted by Gasteiger charge is -2.22. The summed E-state index contributed by atoms with van der Waals surface area (Å²) in [6, 6.07) is 6.18. The number of halogens is 1. The average Bonchev–Trinajstić information content (AvgIpc) is 2.68. The molecule has 0 aliphatic carbocycles. The van der Waals surface area contributed by atoms with E-state index in [9.17, 15) is 8.42 Å². The van der Waals surface area contributed by atoms with E-state index < -0.39 is 10.0 Å². The van der Waals surface area contributed by atoms with Crippen LogP contribution < -0.4 is 4.72 Å². The number of likely N-dealkylation sites (tertiary alicyclic amines) is 1. The van der Waals surface area contributed by atoms with Crippen LogP contribution in [0, 0.1) is 5.92 Å². The van der Waals surface area contributed by atoms with E-state index in [1.54, 1.807) is 12.1 Å². The van der Waals surface area contributed by atoms with Crippen molar-refractivity contribution in [3.05, 3.63) is 29.3 Å². The fourth-order valence-electron chi connectivity index (χ4n) is 2.76. The molecule has 0 spiro atoms. The lowest BCUT2D eigenvalue weighted by Crippen LogP contribution is -2.43. The maximum Gasteiger partial charge on any atom is 0.240 e. The molecule has 1 aliphatic rings. The van der Waals surface area contributed by atoms with Gasteiger partial charge in [-0.25, -0.2) is 13.1 Å². The Bertz CT molecular complexity index is 574. The number of hydrogen-bond donors (Lipinski definition) is 1. The van der Waals surface area contributed by atoms with Crippen LogP contribution >= 0.6 is 11.6 Å². The highest BCUT2D eigenvalue weighted by Crippen LogP contribution is 2.20. The molecule has 0 amide bonds. The van der Waals surface area contributed by atoms with Gasteiger partial charge in [-0.15, -0.1) is 0 Å². The van der Waals surface area contributed by atoms with Crippen LogP contribution in [0.1, 0.15) is 0 Å². The van der Waals surface area contributed by atoms with Crippen LogP contribution in [0.2, 0.25) is 5.02 Å². The van der Waals surface area contributed by atoms with Crippen molar-refractivity contribution in [2.75, 3.05) is 40.8 Å². The molecule has 1 aliphatic heterocycles. The first kappa shape index (κ1) is 16.7. The summed E-state index contributed by atoms with van der Waals surface area (Å²) in [5.74, 6) is 0.284. The van der Waals surface area contributed by atoms with Crippen molar-refractivity contribution in [3.8, 4) is 0 Å². The molecule has 2 rings (SSSR count). The van der Waals surface area contributed by atoms with Crippen molar-refractivity contribution < 1.29 is 8.42 Å². The Balaban J connectivity index is 2.13. The van der Waals surface area contributed by atoms with Gasteiger partial charge in [-0.05, 0) is 45.4 Å². The van der Waals surface area contributed by atoms with Gasteiger partial charge in [-0.3, -0.25) is 0 Å². The maximum absolute atomic E-state index is 12.5. The highest BCUT2D eigenvalue weighted by Gasteiger charge is 2.34. The van der Waals surface area contributed by atoms with Crippen LogP contribution in [0.3, 0.4) is 0 Å². The molecule has 1 aromatic rings. The standard InChI is InChI=1S/C14H22ClN3O2S/c1-17(2)8-11-9-18(3)10-14(11)16-21(19,20)13-6-4-12(15)5-7-13/h4-7,11,14,16H,8-10H2,1-3H3/t11-,14-/m1/s1. The summed E-state index contributed by atoms with van der Waals surface area (Å²) < 4.78 is 27.7. The van der Waals surface area contributed by atoms with Gasteiger partial charge in [0.2, 0.25) is 10.0 Å². The van der Waals surface area contributed by atoms with Gasteiger partial charge in [-0.2, -0.15) is 0 Å². The van der Waals surface area contributed by atoms with E-state index in [0.717, 1.165) is 19.6 Å². The van der Waals surface area contributed by atoms with E-state index in [4.69, 9.17) is 11.6 Å².